The Morgan fingerprint density at radius 3 is 2.65 bits per heavy atom. The minimum atomic E-state index is -3.67. The Bertz CT molecular complexity index is 1010. The summed E-state index contributed by atoms with van der Waals surface area (Å²) in [5, 5.41) is 0. The maximum absolute atomic E-state index is 12.6. The van der Waals surface area contributed by atoms with Crippen LogP contribution in [0.15, 0.2) is 45.2 Å². The Hall–Kier alpha value is -2.36. The van der Waals surface area contributed by atoms with E-state index in [2.05, 4.69) is 9.71 Å². The summed E-state index contributed by atoms with van der Waals surface area (Å²) in [6.45, 7) is 1.81. The molecule has 0 unspecified atom stereocenters. The van der Waals surface area contributed by atoms with Crippen molar-refractivity contribution in [2.45, 2.75) is 17.7 Å². The quantitative estimate of drug-likeness (QED) is 0.662. The smallest absolute Gasteiger partial charge is 0.250 e. The molecule has 0 aliphatic heterocycles. The van der Waals surface area contributed by atoms with Gasteiger partial charge < -0.3 is 13.9 Å². The topological polar surface area (TPSA) is 90.7 Å². The predicted octanol–water partition coefficient (Wildman–Crippen LogP) is 3.21. The molecule has 1 N–H and O–H groups in total. The SMILES string of the molecule is COc1ccc(OC)c(CNS(=O)(=O)c2ccc(-c3cnc(C)o3)s2)c1. The summed E-state index contributed by atoms with van der Waals surface area (Å²) in [6, 6.07) is 8.46. The molecule has 0 aliphatic rings. The number of methoxy groups -OCH3 is 2. The van der Waals surface area contributed by atoms with E-state index in [0.29, 0.717) is 33.6 Å². The van der Waals surface area contributed by atoms with Gasteiger partial charge in [-0.25, -0.2) is 18.1 Å². The van der Waals surface area contributed by atoms with Gasteiger partial charge in [0.15, 0.2) is 11.7 Å². The third-order valence-electron chi connectivity index (χ3n) is 3.65. The van der Waals surface area contributed by atoms with Gasteiger partial charge in [0.25, 0.3) is 0 Å². The van der Waals surface area contributed by atoms with E-state index in [1.54, 1.807) is 50.6 Å². The number of benzene rings is 1. The predicted molar refractivity (Wildman–Crippen MR) is 98.1 cm³/mol. The summed E-state index contributed by atoms with van der Waals surface area (Å²) in [7, 11) is -0.591. The molecule has 0 saturated heterocycles. The molecular weight excluding hydrogens is 376 g/mol. The molecule has 26 heavy (non-hydrogen) atoms. The number of hydrogen-bond donors (Lipinski definition) is 1. The van der Waals surface area contributed by atoms with Crippen LogP contribution in [0.2, 0.25) is 0 Å². The van der Waals surface area contributed by atoms with Crippen molar-refractivity contribution in [1.82, 2.24) is 9.71 Å². The van der Waals surface area contributed by atoms with E-state index in [0.717, 1.165) is 11.3 Å². The standard InChI is InChI=1S/C17H18N2O5S2/c1-11-18-10-15(24-11)16-6-7-17(25-16)26(20,21)19-9-12-8-13(22-2)4-5-14(12)23-3/h4-8,10,19H,9H2,1-3H3. The molecule has 0 radical (unpaired) electrons. The lowest BCUT2D eigenvalue weighted by atomic mass is 10.2. The van der Waals surface area contributed by atoms with Crippen LogP contribution < -0.4 is 14.2 Å². The Labute approximate surface area is 155 Å². The number of hydrogen-bond acceptors (Lipinski definition) is 7. The van der Waals surface area contributed by atoms with Crippen LogP contribution in [0.4, 0.5) is 0 Å². The van der Waals surface area contributed by atoms with E-state index in [9.17, 15) is 8.42 Å². The lowest BCUT2D eigenvalue weighted by Crippen LogP contribution is -2.22. The van der Waals surface area contributed by atoms with Crippen molar-refractivity contribution in [2.75, 3.05) is 14.2 Å². The van der Waals surface area contributed by atoms with Gasteiger partial charge in [-0.2, -0.15) is 0 Å². The van der Waals surface area contributed by atoms with Crippen molar-refractivity contribution in [3.63, 3.8) is 0 Å². The lowest BCUT2D eigenvalue weighted by molar-refractivity contribution is 0.398. The van der Waals surface area contributed by atoms with Crippen molar-refractivity contribution < 1.29 is 22.3 Å². The Morgan fingerprint density at radius 1 is 1.19 bits per heavy atom. The van der Waals surface area contributed by atoms with Crippen molar-refractivity contribution >= 4 is 21.4 Å². The van der Waals surface area contributed by atoms with E-state index in [1.807, 2.05) is 0 Å². The number of ether oxygens (including phenoxy) is 2. The van der Waals surface area contributed by atoms with Gasteiger partial charge in [0, 0.05) is 19.0 Å². The molecule has 1 aromatic carbocycles. The highest BCUT2D eigenvalue weighted by Crippen LogP contribution is 2.31. The second kappa shape index (κ2) is 7.48. The van der Waals surface area contributed by atoms with E-state index >= 15 is 0 Å². The molecule has 0 bridgehead atoms. The number of oxazole rings is 1. The van der Waals surface area contributed by atoms with Crippen LogP contribution >= 0.6 is 11.3 Å². The summed E-state index contributed by atoms with van der Waals surface area (Å²) < 4.78 is 43.9. The van der Waals surface area contributed by atoms with E-state index in [1.165, 1.54) is 7.11 Å². The van der Waals surface area contributed by atoms with Crippen molar-refractivity contribution in [1.29, 1.82) is 0 Å². The molecular formula is C17H18N2O5S2. The van der Waals surface area contributed by atoms with Gasteiger partial charge in [0.2, 0.25) is 10.0 Å². The first-order valence-electron chi connectivity index (χ1n) is 7.66. The number of nitrogens with one attached hydrogen (secondary N) is 1. The first-order valence-corrected chi connectivity index (χ1v) is 9.96. The van der Waals surface area contributed by atoms with Crippen LogP contribution in [0.1, 0.15) is 11.5 Å². The number of aryl methyl sites for hydroxylation is 1. The van der Waals surface area contributed by atoms with Crippen LogP contribution in [0.25, 0.3) is 10.6 Å². The van der Waals surface area contributed by atoms with Gasteiger partial charge in [-0.3, -0.25) is 0 Å². The fraction of sp³-hybridized carbons (Fsp3) is 0.235. The third kappa shape index (κ3) is 3.90. The van der Waals surface area contributed by atoms with Crippen LogP contribution in [-0.2, 0) is 16.6 Å². The number of aromatic nitrogens is 1. The molecule has 138 valence electrons. The molecule has 3 rings (SSSR count). The number of sulfonamides is 1. The second-order valence-electron chi connectivity index (χ2n) is 5.36. The fourth-order valence-corrected chi connectivity index (χ4v) is 4.64. The van der Waals surface area contributed by atoms with Crippen molar-refractivity contribution in [3.05, 3.63) is 48.0 Å². The van der Waals surface area contributed by atoms with Crippen LogP contribution in [0.3, 0.4) is 0 Å². The number of nitrogens with zero attached hydrogens (tertiary/aromatic N) is 1. The normalized spacial score (nSPS) is 11.5. The molecule has 0 amide bonds. The molecule has 0 aliphatic carbocycles. The minimum absolute atomic E-state index is 0.0807. The minimum Gasteiger partial charge on any atom is -0.497 e. The van der Waals surface area contributed by atoms with Gasteiger partial charge in [-0.1, -0.05) is 0 Å². The van der Waals surface area contributed by atoms with Crippen LogP contribution in [0.5, 0.6) is 11.5 Å². The largest absolute Gasteiger partial charge is 0.497 e. The third-order valence-corrected chi connectivity index (χ3v) is 6.64. The molecule has 9 heteroatoms. The zero-order valence-electron chi connectivity index (χ0n) is 14.5. The zero-order valence-corrected chi connectivity index (χ0v) is 16.1. The zero-order chi connectivity index (χ0) is 18.7. The Balaban J connectivity index is 1.79. The van der Waals surface area contributed by atoms with E-state index in [-0.39, 0.29) is 10.8 Å². The molecule has 0 fully saturated rings. The van der Waals surface area contributed by atoms with Crippen molar-refractivity contribution in [2.24, 2.45) is 0 Å². The molecule has 7 nitrogen and oxygen atoms in total. The second-order valence-corrected chi connectivity index (χ2v) is 8.44. The van der Waals surface area contributed by atoms with Gasteiger partial charge in [0.1, 0.15) is 15.7 Å². The van der Waals surface area contributed by atoms with Crippen LogP contribution in [-0.4, -0.2) is 27.6 Å². The molecule has 3 aromatic rings. The van der Waals surface area contributed by atoms with Gasteiger partial charge in [-0.05, 0) is 30.3 Å². The summed E-state index contributed by atoms with van der Waals surface area (Å²) in [5.41, 5.74) is 0.679. The lowest BCUT2D eigenvalue weighted by Gasteiger charge is -2.11. The molecule has 0 saturated carbocycles. The maximum atomic E-state index is 12.6. The number of rotatable bonds is 7. The first-order chi connectivity index (χ1) is 12.4. The average molecular weight is 394 g/mol. The van der Waals surface area contributed by atoms with Gasteiger partial charge in [-0.15, -0.1) is 11.3 Å². The number of thiophene rings is 1. The average Bonchev–Trinajstić information content (AvgIpc) is 3.29. The fourth-order valence-electron chi connectivity index (χ4n) is 2.34. The molecule has 0 atom stereocenters. The van der Waals surface area contributed by atoms with E-state index in [4.69, 9.17) is 13.9 Å². The monoisotopic (exact) mass is 394 g/mol. The summed E-state index contributed by atoms with van der Waals surface area (Å²) >= 11 is 1.12. The highest BCUT2D eigenvalue weighted by Gasteiger charge is 2.19. The highest BCUT2D eigenvalue weighted by atomic mass is 32.2. The van der Waals surface area contributed by atoms with E-state index < -0.39 is 10.0 Å². The Kier molecular flexibility index (Phi) is 5.30. The summed E-state index contributed by atoms with van der Waals surface area (Å²) in [6.07, 6.45) is 1.58. The van der Waals surface area contributed by atoms with Crippen LogP contribution in [0, 0.1) is 6.92 Å². The summed E-state index contributed by atoms with van der Waals surface area (Å²) in [5.74, 6) is 2.28. The Morgan fingerprint density at radius 2 is 2.00 bits per heavy atom. The molecule has 2 heterocycles. The van der Waals surface area contributed by atoms with Crippen molar-refractivity contribution in [3.8, 4) is 22.1 Å². The molecule has 0 spiro atoms. The maximum Gasteiger partial charge on any atom is 0.250 e. The summed E-state index contributed by atoms with van der Waals surface area (Å²) in [4.78, 5) is 4.72. The van der Waals surface area contributed by atoms with Gasteiger partial charge >= 0.3 is 0 Å². The first kappa shape index (κ1) is 18.4. The molecule has 2 aromatic heterocycles. The highest BCUT2D eigenvalue weighted by molar-refractivity contribution is 7.91. The van der Waals surface area contributed by atoms with Gasteiger partial charge in [0.05, 0.1) is 25.3 Å².